The molecule has 0 aromatic heterocycles. The third-order valence-electron chi connectivity index (χ3n) is 5.62. The quantitative estimate of drug-likeness (QED) is 0.582. The monoisotopic (exact) mass is 442 g/mol. The first kappa shape index (κ1) is 21.7. The van der Waals surface area contributed by atoms with Crippen LogP contribution >= 0.6 is 0 Å². The molecule has 2 atom stereocenters. The van der Waals surface area contributed by atoms with E-state index in [9.17, 15) is 18.4 Å². The van der Waals surface area contributed by atoms with E-state index < -0.39 is 29.7 Å². The number of carbonyl (C=O) groups is 2. The van der Waals surface area contributed by atoms with Crippen LogP contribution in [-0.4, -0.2) is 55.5 Å². The Bertz CT molecular complexity index is 1000. The van der Waals surface area contributed by atoms with E-state index >= 15 is 0 Å². The lowest BCUT2D eigenvalue weighted by Crippen LogP contribution is -2.57. The average Bonchev–Trinajstić information content (AvgIpc) is 2.80. The molecular weight excluding hydrogens is 418 g/mol. The topological polar surface area (TPSA) is 74.2 Å². The molecule has 2 heterocycles. The van der Waals surface area contributed by atoms with Crippen molar-refractivity contribution in [3.63, 3.8) is 0 Å². The van der Waals surface area contributed by atoms with Crippen LogP contribution in [0.1, 0.15) is 18.5 Å². The molecule has 2 aliphatic rings. The van der Waals surface area contributed by atoms with Crippen LogP contribution in [0.15, 0.2) is 53.5 Å². The van der Waals surface area contributed by atoms with Crippen molar-refractivity contribution in [2.75, 3.05) is 37.7 Å². The number of guanidine groups is 1. The van der Waals surface area contributed by atoms with E-state index in [0.717, 1.165) is 5.69 Å². The van der Waals surface area contributed by atoms with Crippen molar-refractivity contribution < 1.29 is 23.1 Å². The predicted molar refractivity (Wildman–Crippen MR) is 115 cm³/mol. The molecule has 2 aromatic carbocycles. The number of aliphatic imine (C=N–C) groups is 1. The van der Waals surface area contributed by atoms with Crippen LogP contribution in [-0.2, 0) is 14.3 Å². The smallest absolute Gasteiger partial charge is 0.321 e. The number of nitrogens with zero attached hydrogens (tertiary/aromatic N) is 3. The zero-order valence-electron chi connectivity index (χ0n) is 17.6. The minimum Gasteiger partial charge on any atom is -0.465 e. The van der Waals surface area contributed by atoms with E-state index in [1.165, 1.54) is 36.4 Å². The Labute approximate surface area is 184 Å². The van der Waals surface area contributed by atoms with Crippen molar-refractivity contribution in [3.05, 3.63) is 65.7 Å². The van der Waals surface area contributed by atoms with Gasteiger partial charge in [-0.15, -0.1) is 0 Å². The zero-order chi connectivity index (χ0) is 22.7. The van der Waals surface area contributed by atoms with Gasteiger partial charge in [-0.2, -0.15) is 0 Å². The van der Waals surface area contributed by atoms with Crippen LogP contribution < -0.4 is 10.2 Å². The normalized spacial score (nSPS) is 21.1. The third kappa shape index (κ3) is 4.56. The highest BCUT2D eigenvalue weighted by atomic mass is 19.1. The summed E-state index contributed by atoms with van der Waals surface area (Å²) in [6.45, 7) is 4.28. The number of hydrogen-bond acceptors (Lipinski definition) is 6. The molecule has 0 aliphatic carbocycles. The van der Waals surface area contributed by atoms with Crippen LogP contribution in [0, 0.1) is 17.6 Å². The van der Waals surface area contributed by atoms with E-state index in [2.05, 4.69) is 15.2 Å². The van der Waals surface area contributed by atoms with Crippen LogP contribution in [0.2, 0.25) is 0 Å². The molecule has 2 aromatic rings. The molecule has 2 aliphatic heterocycles. The highest BCUT2D eigenvalue weighted by Crippen LogP contribution is 2.31. The Balaban J connectivity index is 1.55. The maximum Gasteiger partial charge on any atom is 0.321 e. The number of piperazine rings is 1. The number of benzene rings is 2. The standard InChI is InChI=1S/C23H24F2N4O3/c1-2-32-22(31)19-20(15-3-5-16(24)6-4-15)26-23(27-21(19)30)29-13-11-28(12-14-29)18-9-7-17(25)8-10-18/h3-10,19-20H,2,11-14H2,1H3,(H,26,27,30)/t19-,20+/m1/s1. The number of hydrogen-bond donors (Lipinski definition) is 1. The second kappa shape index (κ2) is 9.33. The predicted octanol–water partition coefficient (Wildman–Crippen LogP) is 2.49. The summed E-state index contributed by atoms with van der Waals surface area (Å²) in [6, 6.07) is 11.1. The van der Waals surface area contributed by atoms with Crippen molar-refractivity contribution in [1.29, 1.82) is 0 Å². The van der Waals surface area contributed by atoms with Gasteiger partial charge in [0.05, 0.1) is 6.61 Å². The van der Waals surface area contributed by atoms with Crippen molar-refractivity contribution in [2.45, 2.75) is 13.0 Å². The highest BCUT2D eigenvalue weighted by molar-refractivity contribution is 6.08. The van der Waals surface area contributed by atoms with Gasteiger partial charge in [-0.05, 0) is 48.9 Å². The number of carbonyl (C=O) groups excluding carboxylic acids is 2. The Morgan fingerprint density at radius 2 is 1.56 bits per heavy atom. The van der Waals surface area contributed by atoms with Gasteiger partial charge in [0.25, 0.3) is 0 Å². The summed E-state index contributed by atoms with van der Waals surface area (Å²) in [7, 11) is 0. The largest absolute Gasteiger partial charge is 0.465 e. The molecule has 32 heavy (non-hydrogen) atoms. The fraction of sp³-hybridized carbons (Fsp3) is 0.348. The van der Waals surface area contributed by atoms with Crippen LogP contribution in [0.4, 0.5) is 14.5 Å². The Morgan fingerprint density at radius 1 is 1.00 bits per heavy atom. The van der Waals surface area contributed by atoms with Crippen LogP contribution in [0.5, 0.6) is 0 Å². The highest BCUT2D eigenvalue weighted by Gasteiger charge is 2.42. The van der Waals surface area contributed by atoms with Gasteiger partial charge in [0.2, 0.25) is 11.9 Å². The van der Waals surface area contributed by atoms with Crippen molar-refractivity contribution in [3.8, 4) is 0 Å². The minimum absolute atomic E-state index is 0.140. The molecule has 9 heteroatoms. The van der Waals surface area contributed by atoms with E-state index in [1.54, 1.807) is 19.1 Å². The summed E-state index contributed by atoms with van der Waals surface area (Å²) >= 11 is 0. The summed E-state index contributed by atoms with van der Waals surface area (Å²) in [5, 5.41) is 2.74. The lowest BCUT2D eigenvalue weighted by Gasteiger charge is -2.39. The maximum atomic E-state index is 13.4. The Hall–Kier alpha value is -3.49. The number of anilines is 1. The van der Waals surface area contributed by atoms with E-state index in [-0.39, 0.29) is 12.4 Å². The second-order valence-corrected chi connectivity index (χ2v) is 7.62. The molecular formula is C23H24F2N4O3. The number of rotatable bonds is 4. The third-order valence-corrected chi connectivity index (χ3v) is 5.62. The van der Waals surface area contributed by atoms with Gasteiger partial charge in [0.15, 0.2) is 5.92 Å². The first-order chi connectivity index (χ1) is 15.5. The lowest BCUT2D eigenvalue weighted by molar-refractivity contribution is -0.153. The summed E-state index contributed by atoms with van der Waals surface area (Å²) in [6.07, 6.45) is 0. The molecule has 0 unspecified atom stereocenters. The molecule has 1 N–H and O–H groups in total. The molecule has 1 amide bonds. The van der Waals surface area contributed by atoms with Gasteiger partial charge in [-0.1, -0.05) is 12.1 Å². The number of halogens is 2. The second-order valence-electron chi connectivity index (χ2n) is 7.62. The number of esters is 1. The summed E-state index contributed by atoms with van der Waals surface area (Å²) < 4.78 is 31.7. The Morgan fingerprint density at radius 3 is 2.16 bits per heavy atom. The number of amides is 1. The van der Waals surface area contributed by atoms with Gasteiger partial charge in [-0.3, -0.25) is 14.9 Å². The fourth-order valence-electron chi connectivity index (χ4n) is 3.95. The molecule has 168 valence electrons. The van der Waals surface area contributed by atoms with E-state index in [1.807, 2.05) is 4.90 Å². The van der Waals surface area contributed by atoms with Crippen LogP contribution in [0.3, 0.4) is 0 Å². The van der Waals surface area contributed by atoms with Gasteiger partial charge >= 0.3 is 5.97 Å². The van der Waals surface area contributed by atoms with Crippen molar-refractivity contribution in [1.82, 2.24) is 10.2 Å². The van der Waals surface area contributed by atoms with E-state index in [4.69, 9.17) is 4.74 Å². The van der Waals surface area contributed by atoms with Gasteiger partial charge in [-0.25, -0.2) is 13.8 Å². The maximum absolute atomic E-state index is 13.4. The molecule has 0 saturated carbocycles. The van der Waals surface area contributed by atoms with Crippen molar-refractivity contribution in [2.24, 2.45) is 10.9 Å². The van der Waals surface area contributed by atoms with E-state index in [0.29, 0.717) is 37.7 Å². The van der Waals surface area contributed by atoms with Gasteiger partial charge in [0, 0.05) is 31.9 Å². The number of nitrogens with one attached hydrogen (secondary N) is 1. The first-order valence-corrected chi connectivity index (χ1v) is 10.5. The van der Waals surface area contributed by atoms with Crippen LogP contribution in [0.25, 0.3) is 0 Å². The Kier molecular flexibility index (Phi) is 6.34. The molecule has 0 radical (unpaired) electrons. The SMILES string of the molecule is CCOC(=O)[C@H]1C(=O)NC(N2CCN(c3ccc(F)cc3)CC2)=N[C@H]1c1ccc(F)cc1. The van der Waals surface area contributed by atoms with Gasteiger partial charge in [0.1, 0.15) is 17.7 Å². The van der Waals surface area contributed by atoms with Gasteiger partial charge < -0.3 is 14.5 Å². The first-order valence-electron chi connectivity index (χ1n) is 10.5. The molecule has 1 saturated heterocycles. The summed E-state index contributed by atoms with van der Waals surface area (Å²) in [5.41, 5.74) is 1.48. The number of ether oxygens (including phenoxy) is 1. The average molecular weight is 442 g/mol. The molecule has 4 rings (SSSR count). The molecule has 0 bridgehead atoms. The summed E-state index contributed by atoms with van der Waals surface area (Å²) in [4.78, 5) is 34.1. The minimum atomic E-state index is -1.15. The lowest BCUT2D eigenvalue weighted by atomic mass is 9.91. The molecule has 1 fully saturated rings. The van der Waals surface area contributed by atoms with Crippen molar-refractivity contribution >= 4 is 23.5 Å². The zero-order valence-corrected chi connectivity index (χ0v) is 17.6. The summed E-state index contributed by atoms with van der Waals surface area (Å²) in [5.74, 6) is -2.63. The molecule has 7 nitrogen and oxygen atoms in total. The fourth-order valence-corrected chi connectivity index (χ4v) is 3.95. The molecule has 0 spiro atoms.